The summed E-state index contributed by atoms with van der Waals surface area (Å²) in [7, 11) is 0. The van der Waals surface area contributed by atoms with Gasteiger partial charge in [-0.2, -0.15) is 0 Å². The fourth-order valence-electron chi connectivity index (χ4n) is 0.796. The van der Waals surface area contributed by atoms with Gasteiger partial charge in [0.25, 0.3) is 0 Å². The van der Waals surface area contributed by atoms with E-state index < -0.39 is 0 Å². The van der Waals surface area contributed by atoms with E-state index in [4.69, 9.17) is 4.74 Å². The quantitative estimate of drug-likeness (QED) is 0.433. The molecule has 0 unspecified atom stereocenters. The van der Waals surface area contributed by atoms with Crippen molar-refractivity contribution in [3.63, 3.8) is 0 Å². The van der Waals surface area contributed by atoms with Gasteiger partial charge in [0.1, 0.15) is 6.61 Å². The van der Waals surface area contributed by atoms with Crippen LogP contribution < -0.4 is 0 Å². The molecule has 7 heavy (non-hydrogen) atoms. The molecular formula is C5H7NO. The molecule has 1 heterocycles. The molecule has 2 heteroatoms. The van der Waals surface area contributed by atoms with E-state index in [1.54, 1.807) is 6.40 Å². The van der Waals surface area contributed by atoms with Gasteiger partial charge in [-0.3, -0.25) is 0 Å². The van der Waals surface area contributed by atoms with Crippen molar-refractivity contribution in [2.75, 3.05) is 6.61 Å². The molecule has 2 aliphatic rings. The smallest absolute Gasteiger partial charge is 0.170 e. The van der Waals surface area contributed by atoms with E-state index in [-0.39, 0.29) is 0 Å². The lowest BCUT2D eigenvalue weighted by molar-refractivity contribution is 0.320. The summed E-state index contributed by atoms with van der Waals surface area (Å²) >= 11 is 0. The Hall–Kier alpha value is -0.530. The van der Waals surface area contributed by atoms with Crippen LogP contribution in [0.1, 0.15) is 12.8 Å². The van der Waals surface area contributed by atoms with Crippen LogP contribution in [-0.2, 0) is 4.74 Å². The lowest BCUT2D eigenvalue weighted by atomic mass is 10.3. The van der Waals surface area contributed by atoms with Crippen molar-refractivity contribution < 1.29 is 4.74 Å². The van der Waals surface area contributed by atoms with Crippen LogP contribution in [-0.4, -0.2) is 18.5 Å². The number of ether oxygens (including phenoxy) is 1. The summed E-state index contributed by atoms with van der Waals surface area (Å²) in [6, 6.07) is 0. The highest BCUT2D eigenvalue weighted by Crippen LogP contribution is 2.41. The highest BCUT2D eigenvalue weighted by Gasteiger charge is 2.45. The van der Waals surface area contributed by atoms with Gasteiger partial charge in [0.05, 0.1) is 5.54 Å². The number of nitrogens with zero attached hydrogens (tertiary/aromatic N) is 1. The molecule has 1 fully saturated rings. The molecule has 0 radical (unpaired) electrons. The molecule has 0 N–H and O–H groups in total. The standard InChI is InChI=1S/C5H7NO/c1-2-5(1)3-7-4-6-5/h4H,1-3H2. The van der Waals surface area contributed by atoms with Crippen molar-refractivity contribution in [2.24, 2.45) is 4.99 Å². The minimum atomic E-state index is 0.292. The predicted molar refractivity (Wildman–Crippen MR) is 26.4 cm³/mol. The number of hydrogen-bond acceptors (Lipinski definition) is 2. The van der Waals surface area contributed by atoms with Crippen molar-refractivity contribution in [2.45, 2.75) is 18.4 Å². The lowest BCUT2D eigenvalue weighted by Crippen LogP contribution is -2.04. The Labute approximate surface area is 42.2 Å². The molecule has 1 saturated carbocycles. The highest BCUT2D eigenvalue weighted by atomic mass is 16.5. The van der Waals surface area contributed by atoms with E-state index >= 15 is 0 Å². The van der Waals surface area contributed by atoms with Crippen LogP contribution in [0.2, 0.25) is 0 Å². The molecule has 0 aromatic rings. The summed E-state index contributed by atoms with van der Waals surface area (Å²) in [6.45, 7) is 0.840. The molecule has 1 aliphatic carbocycles. The number of rotatable bonds is 0. The second-order valence-corrected chi connectivity index (χ2v) is 2.27. The molecule has 0 aromatic carbocycles. The second-order valence-electron chi connectivity index (χ2n) is 2.27. The average Bonchev–Trinajstić information content (AvgIpc) is 2.15. The van der Waals surface area contributed by atoms with E-state index in [0.717, 1.165) is 6.61 Å². The zero-order valence-corrected chi connectivity index (χ0v) is 4.05. The Bertz CT molecular complexity index is 115. The minimum absolute atomic E-state index is 0.292. The van der Waals surface area contributed by atoms with E-state index in [0.29, 0.717) is 5.54 Å². The highest BCUT2D eigenvalue weighted by molar-refractivity contribution is 5.51. The first kappa shape index (κ1) is 3.47. The van der Waals surface area contributed by atoms with Gasteiger partial charge in [-0.05, 0) is 12.8 Å². The second kappa shape index (κ2) is 0.831. The summed E-state index contributed by atoms with van der Waals surface area (Å²) in [4.78, 5) is 4.13. The van der Waals surface area contributed by atoms with E-state index in [2.05, 4.69) is 4.99 Å². The van der Waals surface area contributed by atoms with Gasteiger partial charge in [0, 0.05) is 0 Å². The van der Waals surface area contributed by atoms with Crippen molar-refractivity contribution >= 4 is 6.40 Å². The van der Waals surface area contributed by atoms with E-state index in [1.807, 2.05) is 0 Å². The molecule has 0 atom stereocenters. The molecule has 0 amide bonds. The number of aliphatic imine (C=N–C) groups is 1. The van der Waals surface area contributed by atoms with Gasteiger partial charge in [-0.25, -0.2) is 4.99 Å². The van der Waals surface area contributed by atoms with Crippen molar-refractivity contribution in [3.8, 4) is 0 Å². The van der Waals surface area contributed by atoms with Gasteiger partial charge in [0.15, 0.2) is 6.40 Å². The first-order valence-corrected chi connectivity index (χ1v) is 2.57. The van der Waals surface area contributed by atoms with Crippen LogP contribution >= 0.6 is 0 Å². The monoisotopic (exact) mass is 97.1 g/mol. The minimum Gasteiger partial charge on any atom is -0.481 e. The van der Waals surface area contributed by atoms with Gasteiger partial charge in [-0.1, -0.05) is 0 Å². The Morgan fingerprint density at radius 1 is 1.57 bits per heavy atom. The summed E-state index contributed by atoms with van der Waals surface area (Å²) in [5.41, 5.74) is 0.292. The summed E-state index contributed by atoms with van der Waals surface area (Å²) in [5.74, 6) is 0. The molecule has 0 aromatic heterocycles. The van der Waals surface area contributed by atoms with Crippen LogP contribution in [0.4, 0.5) is 0 Å². The largest absolute Gasteiger partial charge is 0.481 e. The Balaban J connectivity index is 2.22. The zero-order valence-electron chi connectivity index (χ0n) is 4.05. The van der Waals surface area contributed by atoms with Gasteiger partial charge in [-0.15, -0.1) is 0 Å². The molecule has 0 bridgehead atoms. The molecule has 2 rings (SSSR count). The maximum atomic E-state index is 4.93. The van der Waals surface area contributed by atoms with Crippen LogP contribution in [0.25, 0.3) is 0 Å². The summed E-state index contributed by atoms with van der Waals surface area (Å²) < 4.78 is 4.93. The fourth-order valence-corrected chi connectivity index (χ4v) is 0.796. The van der Waals surface area contributed by atoms with Crippen molar-refractivity contribution in [1.82, 2.24) is 0 Å². The van der Waals surface area contributed by atoms with Crippen molar-refractivity contribution in [3.05, 3.63) is 0 Å². The normalized spacial score (nSPS) is 30.9. The Morgan fingerprint density at radius 3 is 2.71 bits per heavy atom. The van der Waals surface area contributed by atoms with Crippen LogP contribution in [0.3, 0.4) is 0 Å². The Morgan fingerprint density at radius 2 is 2.43 bits per heavy atom. The molecule has 1 spiro atoms. The van der Waals surface area contributed by atoms with E-state index in [9.17, 15) is 0 Å². The third-order valence-electron chi connectivity index (χ3n) is 1.58. The molecule has 1 aliphatic heterocycles. The molecule has 38 valence electrons. The SMILES string of the molecule is C1=NC2(CC2)CO1. The molecule has 2 nitrogen and oxygen atoms in total. The average molecular weight is 97.1 g/mol. The first-order chi connectivity index (χ1) is 3.41. The van der Waals surface area contributed by atoms with Gasteiger partial charge in [0.2, 0.25) is 0 Å². The van der Waals surface area contributed by atoms with Crippen LogP contribution in [0.5, 0.6) is 0 Å². The number of hydrogen-bond donors (Lipinski definition) is 0. The molecule has 0 saturated heterocycles. The van der Waals surface area contributed by atoms with E-state index in [1.165, 1.54) is 12.8 Å². The summed E-state index contributed by atoms with van der Waals surface area (Å²) in [6.07, 6.45) is 4.06. The van der Waals surface area contributed by atoms with Gasteiger partial charge >= 0.3 is 0 Å². The molecular weight excluding hydrogens is 90.1 g/mol. The van der Waals surface area contributed by atoms with Gasteiger partial charge < -0.3 is 4.74 Å². The maximum absolute atomic E-state index is 4.93. The lowest BCUT2D eigenvalue weighted by Gasteiger charge is -1.93. The van der Waals surface area contributed by atoms with Crippen molar-refractivity contribution in [1.29, 1.82) is 0 Å². The first-order valence-electron chi connectivity index (χ1n) is 2.57. The zero-order chi connectivity index (χ0) is 4.74. The fraction of sp³-hybridized carbons (Fsp3) is 0.800. The van der Waals surface area contributed by atoms with Crippen LogP contribution in [0.15, 0.2) is 4.99 Å². The topological polar surface area (TPSA) is 21.6 Å². The summed E-state index contributed by atoms with van der Waals surface area (Å²) in [5, 5.41) is 0. The third-order valence-corrected chi connectivity index (χ3v) is 1.58. The third kappa shape index (κ3) is 0.363. The maximum Gasteiger partial charge on any atom is 0.170 e. The Kier molecular flexibility index (Phi) is 0.412. The van der Waals surface area contributed by atoms with Crippen LogP contribution in [0, 0.1) is 0 Å². The predicted octanol–water partition coefficient (Wildman–Crippen LogP) is 0.578.